The molecule has 0 saturated carbocycles. The summed E-state index contributed by atoms with van der Waals surface area (Å²) >= 11 is 0. The average Bonchev–Trinajstić information content (AvgIpc) is 2.34. The first kappa shape index (κ1) is 16.2. The number of methoxy groups -OCH3 is 1. The van der Waals surface area contributed by atoms with Crippen LogP contribution < -0.4 is 9.64 Å². The molecule has 1 heterocycles. The molecule has 15 heavy (non-hydrogen) atoms. The first-order valence-electron chi connectivity index (χ1n) is 5.41. The Balaban J connectivity index is 0. The molecule has 1 aromatic rings. The van der Waals surface area contributed by atoms with E-state index >= 15 is 0 Å². The third-order valence-corrected chi connectivity index (χ3v) is 1.41. The minimum atomic E-state index is 0.788. The molecule has 0 unspecified atom stereocenters. The Bertz CT molecular complexity index is 220. The van der Waals surface area contributed by atoms with E-state index < -0.39 is 0 Å². The Hall–Kier alpha value is -1.25. The van der Waals surface area contributed by atoms with Crippen LogP contribution in [0.4, 0.5) is 5.82 Å². The van der Waals surface area contributed by atoms with E-state index in [1.807, 2.05) is 58.8 Å². The van der Waals surface area contributed by atoms with E-state index in [1.54, 1.807) is 13.3 Å². The van der Waals surface area contributed by atoms with E-state index in [0.29, 0.717) is 0 Å². The van der Waals surface area contributed by atoms with Crippen molar-refractivity contribution in [3.8, 4) is 5.75 Å². The van der Waals surface area contributed by atoms with Gasteiger partial charge in [0.1, 0.15) is 11.6 Å². The molecular weight excluding hydrogens is 188 g/mol. The van der Waals surface area contributed by atoms with Crippen molar-refractivity contribution < 1.29 is 4.74 Å². The highest BCUT2D eigenvalue weighted by molar-refractivity contribution is 5.38. The molecule has 0 atom stereocenters. The van der Waals surface area contributed by atoms with Gasteiger partial charge in [0.25, 0.3) is 0 Å². The number of rotatable bonds is 2. The van der Waals surface area contributed by atoms with Crippen LogP contribution in [-0.4, -0.2) is 26.2 Å². The number of nitrogens with zero attached hydrogens (tertiary/aromatic N) is 2. The molecule has 0 aliphatic heterocycles. The van der Waals surface area contributed by atoms with Gasteiger partial charge in [0.2, 0.25) is 0 Å². The van der Waals surface area contributed by atoms with Crippen molar-refractivity contribution in [2.75, 3.05) is 26.1 Å². The molecule has 0 amide bonds. The summed E-state index contributed by atoms with van der Waals surface area (Å²) in [6.07, 6.45) is 1.70. The monoisotopic (exact) mass is 212 g/mol. The lowest BCUT2D eigenvalue weighted by Gasteiger charge is -2.10. The minimum absolute atomic E-state index is 0.788. The van der Waals surface area contributed by atoms with Crippen molar-refractivity contribution in [1.29, 1.82) is 0 Å². The molecule has 1 rings (SSSR count). The second kappa shape index (κ2) is 10.8. The molecule has 0 radical (unpaired) electrons. The van der Waals surface area contributed by atoms with Crippen molar-refractivity contribution in [2.24, 2.45) is 0 Å². The number of hydrogen-bond donors (Lipinski definition) is 0. The standard InChI is InChI=1S/C8H12N2O.2C2H6/c1-10(2)8-5-4-7(11-3)6-9-8;2*1-2/h4-6H,1-3H3;2*1-2H3. The maximum atomic E-state index is 4.97. The van der Waals surface area contributed by atoms with Crippen LogP contribution in [-0.2, 0) is 0 Å². The molecular formula is C12H24N2O. The fourth-order valence-corrected chi connectivity index (χ4v) is 0.758. The minimum Gasteiger partial charge on any atom is -0.495 e. The Kier molecular flexibility index (Phi) is 11.7. The van der Waals surface area contributed by atoms with Crippen LogP contribution >= 0.6 is 0 Å². The van der Waals surface area contributed by atoms with Crippen molar-refractivity contribution in [3.63, 3.8) is 0 Å². The number of anilines is 1. The zero-order valence-corrected chi connectivity index (χ0v) is 11.0. The Morgan fingerprint density at radius 3 is 1.87 bits per heavy atom. The SMILES string of the molecule is CC.CC.COc1ccc(N(C)C)nc1. The Labute approximate surface area is 94.1 Å². The van der Waals surface area contributed by atoms with Gasteiger partial charge < -0.3 is 9.64 Å². The van der Waals surface area contributed by atoms with Gasteiger partial charge in [0.05, 0.1) is 13.3 Å². The molecule has 0 aromatic carbocycles. The quantitative estimate of drug-likeness (QED) is 0.752. The van der Waals surface area contributed by atoms with Gasteiger partial charge in [0.15, 0.2) is 0 Å². The smallest absolute Gasteiger partial charge is 0.137 e. The Morgan fingerprint density at radius 1 is 1.07 bits per heavy atom. The fourth-order valence-electron chi connectivity index (χ4n) is 0.758. The number of hydrogen-bond acceptors (Lipinski definition) is 3. The highest BCUT2D eigenvalue weighted by atomic mass is 16.5. The molecule has 0 aliphatic rings. The lowest BCUT2D eigenvalue weighted by atomic mass is 10.4. The highest BCUT2D eigenvalue weighted by Crippen LogP contribution is 2.12. The predicted octanol–water partition coefficient (Wildman–Crippen LogP) is 3.21. The van der Waals surface area contributed by atoms with Crippen LogP contribution in [0.2, 0.25) is 0 Å². The molecule has 0 aliphatic carbocycles. The van der Waals surface area contributed by atoms with E-state index in [0.717, 1.165) is 11.6 Å². The molecule has 0 saturated heterocycles. The van der Waals surface area contributed by atoms with Crippen molar-refractivity contribution >= 4 is 5.82 Å². The van der Waals surface area contributed by atoms with Crippen LogP contribution in [0.25, 0.3) is 0 Å². The zero-order chi connectivity index (χ0) is 12.3. The summed E-state index contributed by atoms with van der Waals surface area (Å²) < 4.78 is 4.97. The summed E-state index contributed by atoms with van der Waals surface area (Å²) in [6.45, 7) is 8.00. The zero-order valence-electron chi connectivity index (χ0n) is 11.0. The van der Waals surface area contributed by atoms with Crippen LogP contribution in [0.5, 0.6) is 5.75 Å². The summed E-state index contributed by atoms with van der Waals surface area (Å²) in [5.74, 6) is 1.72. The van der Waals surface area contributed by atoms with Gasteiger partial charge in [-0.15, -0.1) is 0 Å². The maximum Gasteiger partial charge on any atom is 0.137 e. The summed E-state index contributed by atoms with van der Waals surface area (Å²) in [5.41, 5.74) is 0. The Morgan fingerprint density at radius 2 is 1.60 bits per heavy atom. The molecule has 0 N–H and O–H groups in total. The normalized spacial score (nSPS) is 7.67. The van der Waals surface area contributed by atoms with Crippen LogP contribution in [0.3, 0.4) is 0 Å². The van der Waals surface area contributed by atoms with Crippen LogP contribution in [0.15, 0.2) is 18.3 Å². The summed E-state index contributed by atoms with van der Waals surface area (Å²) in [5, 5.41) is 0. The summed E-state index contributed by atoms with van der Waals surface area (Å²) in [7, 11) is 5.54. The second-order valence-corrected chi connectivity index (χ2v) is 2.45. The average molecular weight is 212 g/mol. The number of ether oxygens (including phenoxy) is 1. The van der Waals surface area contributed by atoms with Crippen LogP contribution in [0, 0.1) is 0 Å². The van der Waals surface area contributed by atoms with Crippen molar-refractivity contribution in [1.82, 2.24) is 4.98 Å². The molecule has 0 bridgehead atoms. The molecule has 88 valence electrons. The molecule has 3 heteroatoms. The largest absolute Gasteiger partial charge is 0.495 e. The highest BCUT2D eigenvalue weighted by Gasteiger charge is 1.95. The van der Waals surface area contributed by atoms with Gasteiger partial charge in [0, 0.05) is 14.1 Å². The van der Waals surface area contributed by atoms with Gasteiger partial charge in [-0.25, -0.2) is 4.98 Å². The molecule has 3 nitrogen and oxygen atoms in total. The van der Waals surface area contributed by atoms with Crippen LogP contribution in [0.1, 0.15) is 27.7 Å². The first-order valence-corrected chi connectivity index (χ1v) is 5.41. The van der Waals surface area contributed by atoms with Gasteiger partial charge in [-0.05, 0) is 12.1 Å². The molecule has 0 fully saturated rings. The topological polar surface area (TPSA) is 25.4 Å². The van der Waals surface area contributed by atoms with E-state index in [9.17, 15) is 0 Å². The molecule has 1 aromatic heterocycles. The van der Waals surface area contributed by atoms with Gasteiger partial charge >= 0.3 is 0 Å². The first-order chi connectivity index (χ1) is 7.24. The van der Waals surface area contributed by atoms with Gasteiger partial charge in [-0.2, -0.15) is 0 Å². The van der Waals surface area contributed by atoms with Gasteiger partial charge in [-0.3, -0.25) is 0 Å². The van der Waals surface area contributed by atoms with E-state index in [1.165, 1.54) is 0 Å². The predicted molar refractivity (Wildman–Crippen MR) is 67.8 cm³/mol. The van der Waals surface area contributed by atoms with E-state index in [4.69, 9.17) is 4.74 Å². The second-order valence-electron chi connectivity index (χ2n) is 2.45. The number of aromatic nitrogens is 1. The third kappa shape index (κ3) is 6.77. The maximum absolute atomic E-state index is 4.97. The summed E-state index contributed by atoms with van der Waals surface area (Å²) in [6, 6.07) is 3.81. The fraction of sp³-hybridized carbons (Fsp3) is 0.583. The van der Waals surface area contributed by atoms with E-state index in [2.05, 4.69) is 4.98 Å². The van der Waals surface area contributed by atoms with Crippen molar-refractivity contribution in [2.45, 2.75) is 27.7 Å². The third-order valence-electron chi connectivity index (χ3n) is 1.41. The molecule has 0 spiro atoms. The summed E-state index contributed by atoms with van der Waals surface area (Å²) in [4.78, 5) is 6.09. The lowest BCUT2D eigenvalue weighted by molar-refractivity contribution is 0.413. The van der Waals surface area contributed by atoms with Crippen molar-refractivity contribution in [3.05, 3.63) is 18.3 Å². The van der Waals surface area contributed by atoms with E-state index in [-0.39, 0.29) is 0 Å². The van der Waals surface area contributed by atoms with Gasteiger partial charge in [-0.1, -0.05) is 27.7 Å². The number of pyridine rings is 1. The lowest BCUT2D eigenvalue weighted by Crippen LogP contribution is -2.09.